The van der Waals surface area contributed by atoms with Gasteiger partial charge in [-0.2, -0.15) is 0 Å². The van der Waals surface area contributed by atoms with E-state index >= 15 is 0 Å². The molecule has 0 heterocycles. The fourth-order valence-electron chi connectivity index (χ4n) is 0.960. The lowest BCUT2D eigenvalue weighted by atomic mass is 10.1. The van der Waals surface area contributed by atoms with Gasteiger partial charge in [-0.1, -0.05) is 0 Å². The fraction of sp³-hybridized carbons (Fsp3) is 0. The Morgan fingerprint density at radius 1 is 1.57 bits per heavy atom. The molecule has 1 aromatic carbocycles. The molecule has 0 aromatic heterocycles. The average molecular weight is 261 g/mol. The van der Waals surface area contributed by atoms with Gasteiger partial charge in [0.05, 0.1) is 10.6 Å². The van der Waals surface area contributed by atoms with Crippen molar-refractivity contribution in [2.75, 3.05) is 5.73 Å². The van der Waals surface area contributed by atoms with Gasteiger partial charge in [0.15, 0.2) is 5.56 Å². The van der Waals surface area contributed by atoms with Crippen LogP contribution in [0.1, 0.15) is 10.4 Å². The molecule has 0 aliphatic carbocycles. The van der Waals surface area contributed by atoms with Crippen molar-refractivity contribution in [1.82, 2.24) is 0 Å². The number of aromatic carboxylic acids is 1. The summed E-state index contributed by atoms with van der Waals surface area (Å²) in [5.74, 6) is -1.42. The standard InChI is InChI=1S/C7H5BrN2O4/c8-3-1-2-4(10(13)14)5(6(3)9)7(11)12/h1-2H,9H2,(H,11,12). The molecule has 1 aromatic rings. The Morgan fingerprint density at radius 2 is 2.14 bits per heavy atom. The second kappa shape index (κ2) is 3.62. The smallest absolute Gasteiger partial charge is 0.344 e. The molecular formula is C7H5BrN2O4. The van der Waals surface area contributed by atoms with E-state index in [4.69, 9.17) is 10.8 Å². The van der Waals surface area contributed by atoms with Crippen molar-refractivity contribution in [3.63, 3.8) is 0 Å². The topological polar surface area (TPSA) is 106 Å². The average Bonchev–Trinajstić information content (AvgIpc) is 2.08. The Bertz CT molecular complexity index is 418. The Kier molecular flexibility index (Phi) is 2.70. The zero-order chi connectivity index (χ0) is 10.9. The Hall–Kier alpha value is -1.63. The number of hydrogen-bond acceptors (Lipinski definition) is 4. The van der Waals surface area contributed by atoms with Gasteiger partial charge < -0.3 is 10.8 Å². The van der Waals surface area contributed by atoms with E-state index in [0.717, 1.165) is 6.07 Å². The van der Waals surface area contributed by atoms with E-state index in [1.165, 1.54) is 6.07 Å². The first-order valence-electron chi connectivity index (χ1n) is 3.40. The van der Waals surface area contributed by atoms with Crippen molar-refractivity contribution in [1.29, 1.82) is 0 Å². The highest BCUT2D eigenvalue weighted by atomic mass is 79.9. The van der Waals surface area contributed by atoms with Crippen LogP contribution in [0, 0.1) is 10.1 Å². The van der Waals surface area contributed by atoms with E-state index in [2.05, 4.69) is 15.9 Å². The van der Waals surface area contributed by atoms with E-state index in [1.807, 2.05) is 0 Å². The molecule has 0 radical (unpaired) electrons. The van der Waals surface area contributed by atoms with E-state index in [0.29, 0.717) is 4.47 Å². The third kappa shape index (κ3) is 1.67. The Labute approximate surface area is 86.6 Å². The van der Waals surface area contributed by atoms with Gasteiger partial charge in [0.2, 0.25) is 0 Å². The summed E-state index contributed by atoms with van der Waals surface area (Å²) in [6.45, 7) is 0. The number of nitrogens with zero attached hydrogens (tertiary/aromatic N) is 1. The first kappa shape index (κ1) is 10.5. The Morgan fingerprint density at radius 3 is 2.57 bits per heavy atom. The molecule has 0 fully saturated rings. The number of carboxylic acids is 1. The van der Waals surface area contributed by atoms with Crippen molar-refractivity contribution >= 4 is 33.3 Å². The summed E-state index contributed by atoms with van der Waals surface area (Å²) in [6, 6.07) is 2.42. The van der Waals surface area contributed by atoms with E-state index in [-0.39, 0.29) is 5.69 Å². The summed E-state index contributed by atoms with van der Waals surface area (Å²) < 4.78 is 0.320. The molecule has 74 valence electrons. The highest BCUT2D eigenvalue weighted by molar-refractivity contribution is 9.10. The molecule has 14 heavy (non-hydrogen) atoms. The minimum atomic E-state index is -1.42. The summed E-state index contributed by atoms with van der Waals surface area (Å²) in [5.41, 5.74) is 4.23. The molecule has 6 nitrogen and oxygen atoms in total. The predicted molar refractivity (Wildman–Crippen MR) is 52.2 cm³/mol. The molecule has 0 aliphatic rings. The van der Waals surface area contributed by atoms with Crippen LogP contribution in [0.2, 0.25) is 0 Å². The largest absolute Gasteiger partial charge is 0.477 e. The first-order valence-corrected chi connectivity index (χ1v) is 4.20. The maximum absolute atomic E-state index is 10.7. The minimum Gasteiger partial charge on any atom is -0.477 e. The molecule has 3 N–H and O–H groups in total. The quantitative estimate of drug-likeness (QED) is 0.478. The van der Waals surface area contributed by atoms with Gasteiger partial charge in [-0.05, 0) is 22.0 Å². The predicted octanol–water partition coefficient (Wildman–Crippen LogP) is 1.64. The van der Waals surface area contributed by atoms with Crippen LogP contribution in [0.15, 0.2) is 16.6 Å². The number of nitro benzene ring substituents is 1. The van der Waals surface area contributed by atoms with E-state index in [1.54, 1.807) is 0 Å². The SMILES string of the molecule is Nc1c(Br)ccc([N+](=O)[O-])c1C(=O)O. The van der Waals surface area contributed by atoms with Gasteiger partial charge >= 0.3 is 5.97 Å². The summed E-state index contributed by atoms with van der Waals surface area (Å²) in [4.78, 5) is 20.4. The van der Waals surface area contributed by atoms with Crippen LogP contribution in [-0.4, -0.2) is 16.0 Å². The van der Waals surface area contributed by atoms with Crippen molar-refractivity contribution in [2.24, 2.45) is 0 Å². The number of carbonyl (C=O) groups is 1. The lowest BCUT2D eigenvalue weighted by Crippen LogP contribution is -2.07. The molecule has 0 aliphatic heterocycles. The van der Waals surface area contributed by atoms with Crippen LogP contribution in [-0.2, 0) is 0 Å². The molecular weight excluding hydrogens is 256 g/mol. The third-order valence-corrected chi connectivity index (χ3v) is 2.27. The number of rotatable bonds is 2. The highest BCUT2D eigenvalue weighted by Crippen LogP contribution is 2.30. The fourth-order valence-corrected chi connectivity index (χ4v) is 1.29. The Balaban J connectivity index is 3.53. The molecule has 0 unspecified atom stereocenters. The number of nitro groups is 1. The zero-order valence-corrected chi connectivity index (χ0v) is 8.32. The number of hydrogen-bond donors (Lipinski definition) is 2. The molecule has 0 bridgehead atoms. The van der Waals surface area contributed by atoms with Crippen LogP contribution in [0.25, 0.3) is 0 Å². The summed E-state index contributed by atoms with van der Waals surface area (Å²) >= 11 is 2.99. The molecule has 0 atom stereocenters. The van der Waals surface area contributed by atoms with Crippen LogP contribution < -0.4 is 5.73 Å². The number of benzene rings is 1. The van der Waals surface area contributed by atoms with Crippen molar-refractivity contribution < 1.29 is 14.8 Å². The highest BCUT2D eigenvalue weighted by Gasteiger charge is 2.23. The van der Waals surface area contributed by atoms with Gasteiger partial charge in [0.25, 0.3) is 5.69 Å². The number of nitrogen functional groups attached to an aromatic ring is 1. The first-order chi connectivity index (χ1) is 6.45. The van der Waals surface area contributed by atoms with Crippen molar-refractivity contribution in [2.45, 2.75) is 0 Å². The lowest BCUT2D eigenvalue weighted by molar-refractivity contribution is -0.385. The van der Waals surface area contributed by atoms with Gasteiger partial charge in [-0.3, -0.25) is 10.1 Å². The molecule has 7 heteroatoms. The van der Waals surface area contributed by atoms with Gasteiger partial charge in [-0.15, -0.1) is 0 Å². The van der Waals surface area contributed by atoms with Gasteiger partial charge in [-0.25, -0.2) is 4.79 Å². The van der Waals surface area contributed by atoms with Crippen LogP contribution >= 0.6 is 15.9 Å². The van der Waals surface area contributed by atoms with Crippen molar-refractivity contribution in [3.05, 3.63) is 32.3 Å². The number of halogens is 1. The molecule has 0 saturated heterocycles. The van der Waals surface area contributed by atoms with E-state index in [9.17, 15) is 14.9 Å². The van der Waals surface area contributed by atoms with E-state index < -0.39 is 22.1 Å². The molecule has 1 rings (SSSR count). The lowest BCUT2D eigenvalue weighted by Gasteiger charge is -2.03. The maximum atomic E-state index is 10.7. The van der Waals surface area contributed by atoms with Crippen LogP contribution in [0.5, 0.6) is 0 Å². The molecule has 0 spiro atoms. The van der Waals surface area contributed by atoms with Crippen LogP contribution in [0.3, 0.4) is 0 Å². The second-order valence-electron chi connectivity index (χ2n) is 2.42. The second-order valence-corrected chi connectivity index (χ2v) is 3.27. The monoisotopic (exact) mass is 260 g/mol. The summed E-state index contributed by atoms with van der Waals surface area (Å²) in [5, 5.41) is 19.2. The third-order valence-electron chi connectivity index (χ3n) is 1.58. The zero-order valence-electron chi connectivity index (χ0n) is 6.73. The number of anilines is 1. The number of nitrogens with two attached hydrogens (primary N) is 1. The minimum absolute atomic E-state index is 0.147. The summed E-state index contributed by atoms with van der Waals surface area (Å²) in [6.07, 6.45) is 0. The number of carboxylic acid groups (broad SMARTS) is 1. The van der Waals surface area contributed by atoms with Gasteiger partial charge in [0.1, 0.15) is 0 Å². The van der Waals surface area contributed by atoms with Crippen molar-refractivity contribution in [3.8, 4) is 0 Å². The van der Waals surface area contributed by atoms with Crippen LogP contribution in [0.4, 0.5) is 11.4 Å². The molecule has 0 amide bonds. The van der Waals surface area contributed by atoms with Gasteiger partial charge in [0, 0.05) is 10.5 Å². The maximum Gasteiger partial charge on any atom is 0.344 e. The molecule has 0 saturated carbocycles. The normalized spacial score (nSPS) is 9.79. The summed E-state index contributed by atoms with van der Waals surface area (Å²) in [7, 11) is 0.